The molecular weight excluding hydrogens is 294 g/mol. The number of rotatable bonds is 4. The van der Waals surface area contributed by atoms with E-state index in [1.807, 2.05) is 0 Å². The molecule has 1 aromatic carbocycles. The highest BCUT2D eigenvalue weighted by Crippen LogP contribution is 2.17. The van der Waals surface area contributed by atoms with Gasteiger partial charge in [-0.2, -0.15) is 0 Å². The number of nitrogen functional groups attached to an aromatic ring is 1. The van der Waals surface area contributed by atoms with Gasteiger partial charge in [0.1, 0.15) is 0 Å². The molecule has 8 heteroatoms. The highest BCUT2D eigenvalue weighted by Gasteiger charge is 2.21. The van der Waals surface area contributed by atoms with E-state index in [0.717, 1.165) is 6.26 Å². The minimum atomic E-state index is -3.44. The number of hydrogen-bond acceptors (Lipinski definition) is 5. The summed E-state index contributed by atoms with van der Waals surface area (Å²) in [6.45, 7) is 0.299. The fourth-order valence-electron chi connectivity index (χ4n) is 2.12. The number of hydrogen-bond donors (Lipinski definition) is 3. The Balaban J connectivity index is 2.08. The number of nitrogens with one attached hydrogen (secondary N) is 2. The molecule has 1 aromatic rings. The zero-order chi connectivity index (χ0) is 15.6. The number of carbonyl (C=O) groups excluding carboxylic acids is 2. The monoisotopic (exact) mass is 311 g/mol. The highest BCUT2D eigenvalue weighted by molar-refractivity contribution is 7.90. The Bertz CT molecular complexity index is 685. The van der Waals surface area contributed by atoms with E-state index >= 15 is 0 Å². The van der Waals surface area contributed by atoms with E-state index in [4.69, 9.17) is 5.73 Å². The summed E-state index contributed by atoms with van der Waals surface area (Å²) in [5, 5.41) is 5.40. The fraction of sp³-hybridized carbons (Fsp3) is 0.385. The molecule has 0 aliphatic carbocycles. The van der Waals surface area contributed by atoms with Gasteiger partial charge in [-0.1, -0.05) is 0 Å². The Kier molecular flexibility index (Phi) is 4.17. The van der Waals surface area contributed by atoms with Crippen LogP contribution in [0, 0.1) is 0 Å². The predicted molar refractivity (Wildman–Crippen MR) is 77.5 cm³/mol. The molecule has 0 bridgehead atoms. The van der Waals surface area contributed by atoms with Crippen molar-refractivity contribution < 1.29 is 18.0 Å². The Labute approximate surface area is 122 Å². The second kappa shape index (κ2) is 5.72. The molecule has 4 N–H and O–H groups in total. The molecule has 2 rings (SSSR count). The van der Waals surface area contributed by atoms with Gasteiger partial charge in [-0.3, -0.25) is 9.59 Å². The molecule has 1 heterocycles. The average Bonchev–Trinajstić information content (AvgIpc) is 2.80. The van der Waals surface area contributed by atoms with Gasteiger partial charge in [0.25, 0.3) is 5.91 Å². The van der Waals surface area contributed by atoms with Gasteiger partial charge in [0.15, 0.2) is 9.84 Å². The smallest absolute Gasteiger partial charge is 0.251 e. The lowest BCUT2D eigenvalue weighted by molar-refractivity contribution is -0.119. The van der Waals surface area contributed by atoms with Crippen molar-refractivity contribution in [3.8, 4) is 0 Å². The number of benzene rings is 1. The number of amides is 2. The van der Waals surface area contributed by atoms with E-state index in [1.165, 1.54) is 18.2 Å². The first-order valence-electron chi connectivity index (χ1n) is 6.44. The Morgan fingerprint density at radius 1 is 1.43 bits per heavy atom. The molecule has 1 aliphatic heterocycles. The molecule has 7 nitrogen and oxygen atoms in total. The molecule has 114 valence electrons. The minimum Gasteiger partial charge on any atom is -0.399 e. The minimum absolute atomic E-state index is 0.00168. The van der Waals surface area contributed by atoms with Crippen LogP contribution in [0.5, 0.6) is 0 Å². The molecule has 0 aromatic heterocycles. The normalized spacial score (nSPS) is 18.3. The van der Waals surface area contributed by atoms with Gasteiger partial charge in [0, 0.05) is 36.5 Å². The molecule has 1 fully saturated rings. The third-order valence-electron chi connectivity index (χ3n) is 3.21. The van der Waals surface area contributed by atoms with E-state index < -0.39 is 15.7 Å². The Morgan fingerprint density at radius 2 is 2.14 bits per heavy atom. The van der Waals surface area contributed by atoms with Gasteiger partial charge in [-0.05, 0) is 24.6 Å². The first kappa shape index (κ1) is 15.3. The maximum Gasteiger partial charge on any atom is 0.251 e. The molecule has 2 amide bonds. The molecule has 21 heavy (non-hydrogen) atoms. The Morgan fingerprint density at radius 3 is 2.71 bits per heavy atom. The van der Waals surface area contributed by atoms with Gasteiger partial charge in [-0.15, -0.1) is 0 Å². The van der Waals surface area contributed by atoms with Gasteiger partial charge >= 0.3 is 0 Å². The average molecular weight is 311 g/mol. The van der Waals surface area contributed by atoms with Crippen molar-refractivity contribution in [2.75, 3.05) is 18.5 Å². The lowest BCUT2D eigenvalue weighted by atomic mass is 10.1. The van der Waals surface area contributed by atoms with Gasteiger partial charge < -0.3 is 16.4 Å². The summed E-state index contributed by atoms with van der Waals surface area (Å²) in [6.07, 6.45) is 2.18. The molecular formula is C13H17N3O4S. The summed E-state index contributed by atoms with van der Waals surface area (Å²) < 4.78 is 23.1. The van der Waals surface area contributed by atoms with E-state index in [1.54, 1.807) is 0 Å². The summed E-state index contributed by atoms with van der Waals surface area (Å²) in [6, 6.07) is 3.92. The highest BCUT2D eigenvalue weighted by atomic mass is 32.2. The van der Waals surface area contributed by atoms with Gasteiger partial charge in [-0.25, -0.2) is 8.42 Å². The summed E-state index contributed by atoms with van der Waals surface area (Å²) >= 11 is 0. The van der Waals surface area contributed by atoms with Crippen LogP contribution >= 0.6 is 0 Å². The molecule has 1 unspecified atom stereocenters. The van der Waals surface area contributed by atoms with Crippen LogP contribution < -0.4 is 16.4 Å². The van der Waals surface area contributed by atoms with Crippen LogP contribution in [0.2, 0.25) is 0 Å². The molecule has 0 radical (unpaired) electrons. The zero-order valence-corrected chi connectivity index (χ0v) is 12.4. The second-order valence-electron chi connectivity index (χ2n) is 5.08. The van der Waals surface area contributed by atoms with Crippen LogP contribution in [-0.4, -0.2) is 39.1 Å². The summed E-state index contributed by atoms with van der Waals surface area (Å²) in [7, 11) is -3.44. The van der Waals surface area contributed by atoms with E-state index in [9.17, 15) is 18.0 Å². The van der Waals surface area contributed by atoms with Crippen LogP contribution in [0.1, 0.15) is 23.2 Å². The van der Waals surface area contributed by atoms with Crippen molar-refractivity contribution in [1.82, 2.24) is 10.6 Å². The number of nitrogens with two attached hydrogens (primary N) is 1. The summed E-state index contributed by atoms with van der Waals surface area (Å²) in [5.74, 6) is -0.453. The third-order valence-corrected chi connectivity index (χ3v) is 4.31. The first-order valence-corrected chi connectivity index (χ1v) is 8.33. The summed E-state index contributed by atoms with van der Waals surface area (Å²) in [5.41, 5.74) is 6.02. The molecule has 0 spiro atoms. The topological polar surface area (TPSA) is 118 Å². The van der Waals surface area contributed by atoms with Crippen LogP contribution in [-0.2, 0) is 14.6 Å². The predicted octanol–water partition coefficient (Wildman–Crippen LogP) is -0.319. The molecule has 1 aliphatic rings. The lowest BCUT2D eigenvalue weighted by Gasteiger charge is -2.12. The van der Waals surface area contributed by atoms with E-state index in [2.05, 4.69) is 10.6 Å². The fourth-order valence-corrected chi connectivity index (χ4v) is 2.81. The van der Waals surface area contributed by atoms with Crippen LogP contribution in [0.3, 0.4) is 0 Å². The molecule has 1 atom stereocenters. The van der Waals surface area contributed by atoms with Crippen molar-refractivity contribution in [1.29, 1.82) is 0 Å². The third kappa shape index (κ3) is 3.94. The summed E-state index contributed by atoms with van der Waals surface area (Å²) in [4.78, 5) is 23.1. The maximum atomic E-state index is 12.0. The quantitative estimate of drug-likeness (QED) is 0.659. The number of anilines is 1. The van der Waals surface area contributed by atoms with Crippen molar-refractivity contribution >= 4 is 27.3 Å². The van der Waals surface area contributed by atoms with Crippen molar-refractivity contribution in [2.24, 2.45) is 0 Å². The Hall–Kier alpha value is -2.09. The first-order chi connectivity index (χ1) is 9.75. The molecule has 1 saturated heterocycles. The maximum absolute atomic E-state index is 12.0. The van der Waals surface area contributed by atoms with Crippen LogP contribution in [0.25, 0.3) is 0 Å². The van der Waals surface area contributed by atoms with Gasteiger partial charge in [0.05, 0.1) is 4.90 Å². The SMILES string of the molecule is CS(=O)(=O)c1cc(N)cc(C(=O)NCC2CCC(=O)N2)c1. The van der Waals surface area contributed by atoms with Gasteiger partial charge in [0.2, 0.25) is 5.91 Å². The van der Waals surface area contributed by atoms with Crippen LogP contribution in [0.4, 0.5) is 5.69 Å². The molecule has 0 saturated carbocycles. The van der Waals surface area contributed by atoms with Crippen LogP contribution in [0.15, 0.2) is 23.1 Å². The van der Waals surface area contributed by atoms with E-state index in [-0.39, 0.29) is 28.1 Å². The standard InChI is InChI=1S/C13H17N3O4S/c1-21(19,20)11-5-8(4-9(14)6-11)13(18)15-7-10-2-3-12(17)16-10/h4-6,10H,2-3,7,14H2,1H3,(H,15,18)(H,16,17). The lowest BCUT2D eigenvalue weighted by Crippen LogP contribution is -2.38. The second-order valence-corrected chi connectivity index (χ2v) is 7.09. The zero-order valence-electron chi connectivity index (χ0n) is 11.5. The number of carbonyl (C=O) groups is 2. The van der Waals surface area contributed by atoms with Crippen molar-refractivity contribution in [3.63, 3.8) is 0 Å². The van der Waals surface area contributed by atoms with Crippen molar-refractivity contribution in [2.45, 2.75) is 23.8 Å². The number of sulfone groups is 1. The van der Waals surface area contributed by atoms with E-state index in [0.29, 0.717) is 19.4 Å². The largest absolute Gasteiger partial charge is 0.399 e. The van der Waals surface area contributed by atoms with Crippen molar-refractivity contribution in [3.05, 3.63) is 23.8 Å².